The molecule has 10 rings (SSSR count). The quantitative estimate of drug-likeness (QED) is 0.164. The highest BCUT2D eigenvalue weighted by Crippen LogP contribution is 2.71. The molecule has 9 fully saturated rings. The first-order chi connectivity index (χ1) is 32.7. The lowest BCUT2D eigenvalue weighted by Gasteiger charge is -2.62. The summed E-state index contributed by atoms with van der Waals surface area (Å²) in [5.74, 6) is 9.13. The van der Waals surface area contributed by atoms with Gasteiger partial charge < -0.3 is 20.4 Å². The zero-order valence-electron chi connectivity index (χ0n) is 48.1. The van der Waals surface area contributed by atoms with Crippen LogP contribution in [-0.2, 0) is 0 Å². The highest BCUT2D eigenvalue weighted by Gasteiger charge is 2.63. The van der Waals surface area contributed by atoms with Crippen molar-refractivity contribution in [1.82, 2.24) is 0 Å². The minimum absolute atomic E-state index is 0.327. The molecular weight excluding hydrogens is 857 g/mol. The van der Waals surface area contributed by atoms with Gasteiger partial charge in [-0.3, -0.25) is 0 Å². The number of allylic oxidation sites excluding steroid dienone is 1. The van der Waals surface area contributed by atoms with Gasteiger partial charge in [-0.2, -0.15) is 0 Å². The fourth-order valence-corrected chi connectivity index (χ4v) is 21.3. The van der Waals surface area contributed by atoms with Gasteiger partial charge in [0.1, 0.15) is 0 Å². The Bertz CT molecular complexity index is 1840. The van der Waals surface area contributed by atoms with Crippen LogP contribution in [0.2, 0.25) is 0 Å². The molecule has 0 saturated heterocycles. The predicted molar refractivity (Wildman–Crippen MR) is 292 cm³/mol. The maximum atomic E-state index is 11.3. The zero-order chi connectivity index (χ0) is 50.6. The fourth-order valence-electron chi connectivity index (χ4n) is 21.3. The van der Waals surface area contributed by atoms with Crippen molar-refractivity contribution < 1.29 is 20.4 Å². The number of hydrogen-bond acceptors (Lipinski definition) is 4. The summed E-state index contributed by atoms with van der Waals surface area (Å²) in [6.45, 7) is 29.4. The first-order valence-corrected chi connectivity index (χ1v) is 31.3. The summed E-state index contributed by atoms with van der Waals surface area (Å²) in [6.07, 6.45) is 39.4. The number of aliphatic hydroxyl groups is 4. The Labute approximate surface area is 432 Å². The van der Waals surface area contributed by atoms with E-state index in [1.54, 1.807) is 5.57 Å². The lowest BCUT2D eigenvalue weighted by Crippen LogP contribution is -2.56. The van der Waals surface area contributed by atoms with Crippen LogP contribution in [0.3, 0.4) is 0 Å². The van der Waals surface area contributed by atoms with Crippen LogP contribution in [0.1, 0.15) is 282 Å². The molecular formula is C66H114O4. The van der Waals surface area contributed by atoms with E-state index in [1.165, 1.54) is 122 Å². The maximum Gasteiger partial charge on any atom is 0.0682 e. The van der Waals surface area contributed by atoms with Gasteiger partial charge in [-0.05, 0) is 297 Å². The van der Waals surface area contributed by atoms with Crippen LogP contribution in [0, 0.1) is 97.6 Å². The lowest BCUT2D eigenvalue weighted by atomic mass is 9.43. The normalized spacial score (nSPS) is 48.4. The Morgan fingerprint density at radius 1 is 0.457 bits per heavy atom. The average Bonchev–Trinajstić information content (AvgIpc) is 3.87. The van der Waals surface area contributed by atoms with Crippen LogP contribution < -0.4 is 0 Å². The van der Waals surface area contributed by atoms with Crippen LogP contribution >= 0.6 is 0 Å². The topological polar surface area (TPSA) is 80.9 Å². The molecule has 4 nitrogen and oxygen atoms in total. The van der Waals surface area contributed by atoms with Crippen molar-refractivity contribution in [3.8, 4) is 0 Å². The van der Waals surface area contributed by atoms with E-state index in [1.807, 2.05) is 0 Å². The summed E-state index contributed by atoms with van der Waals surface area (Å²) >= 11 is 0. The standard InChI is InChI=1S/C33H58O2.C33H56O2/c2*1-7-32(34)21-18-30(5)24(22-32)8-9-25-27-11-10-26(31(27,6)14-13-28(25)30)23(2)12-15-33(35)19-16-29(3,4)17-20-33/h23-28,34-35H,7-22H2,1-6H3;8,23,25-28,34-35H,7,9-22H2,1-6H3/t23-,24+,25+,26-,27+,28+,30+,31-,32+;23-,25+,26-,27+,28+,30+,31-,32+/m11/s1. The molecule has 70 heavy (non-hydrogen) atoms. The molecule has 4 heteroatoms. The molecule has 4 N–H and O–H groups in total. The van der Waals surface area contributed by atoms with E-state index in [9.17, 15) is 20.4 Å². The molecule has 0 aromatic rings. The molecule has 402 valence electrons. The van der Waals surface area contributed by atoms with E-state index in [0.717, 1.165) is 142 Å². The third kappa shape index (κ3) is 9.94. The minimum Gasteiger partial charge on any atom is -0.390 e. The Balaban J connectivity index is 0.000000174. The molecule has 0 aliphatic heterocycles. The molecule has 0 aromatic carbocycles. The van der Waals surface area contributed by atoms with Crippen molar-refractivity contribution in [2.75, 3.05) is 0 Å². The maximum absolute atomic E-state index is 11.3. The van der Waals surface area contributed by atoms with E-state index in [4.69, 9.17) is 0 Å². The summed E-state index contributed by atoms with van der Waals surface area (Å²) in [5, 5.41) is 44.8. The van der Waals surface area contributed by atoms with E-state index in [0.29, 0.717) is 32.5 Å². The average molecular weight is 972 g/mol. The molecule has 9 saturated carbocycles. The van der Waals surface area contributed by atoms with Gasteiger partial charge in [-0.25, -0.2) is 0 Å². The second-order valence-corrected chi connectivity index (χ2v) is 31.7. The first-order valence-electron chi connectivity index (χ1n) is 31.3. The fraction of sp³-hybridized carbons (Fsp3) is 0.970. The van der Waals surface area contributed by atoms with Crippen LogP contribution in [0.25, 0.3) is 0 Å². The largest absolute Gasteiger partial charge is 0.390 e. The van der Waals surface area contributed by atoms with Crippen LogP contribution in [0.4, 0.5) is 0 Å². The van der Waals surface area contributed by atoms with Gasteiger partial charge in [0, 0.05) is 0 Å². The van der Waals surface area contributed by atoms with Gasteiger partial charge in [-0.1, -0.05) is 94.7 Å². The third-order valence-electron chi connectivity index (χ3n) is 27.1. The van der Waals surface area contributed by atoms with E-state index < -0.39 is 16.8 Å². The zero-order valence-corrected chi connectivity index (χ0v) is 48.1. The summed E-state index contributed by atoms with van der Waals surface area (Å²) < 4.78 is 0. The second-order valence-electron chi connectivity index (χ2n) is 31.7. The van der Waals surface area contributed by atoms with Gasteiger partial charge in [0.2, 0.25) is 0 Å². The molecule has 0 spiro atoms. The first kappa shape index (κ1) is 54.4. The van der Waals surface area contributed by atoms with E-state index in [-0.39, 0.29) is 5.60 Å². The number of rotatable bonds is 10. The molecule has 0 aromatic heterocycles. The van der Waals surface area contributed by atoms with Gasteiger partial charge >= 0.3 is 0 Å². The van der Waals surface area contributed by atoms with Crippen LogP contribution in [0.5, 0.6) is 0 Å². The van der Waals surface area contributed by atoms with E-state index in [2.05, 4.69) is 89.2 Å². The third-order valence-corrected chi connectivity index (χ3v) is 27.1. The molecule has 10 aliphatic carbocycles. The molecule has 0 unspecified atom stereocenters. The number of hydrogen-bond donors (Lipinski definition) is 4. The van der Waals surface area contributed by atoms with Gasteiger partial charge in [0.05, 0.1) is 22.4 Å². The second kappa shape index (κ2) is 19.2. The van der Waals surface area contributed by atoms with E-state index >= 15 is 0 Å². The van der Waals surface area contributed by atoms with Crippen molar-refractivity contribution in [2.45, 2.75) is 305 Å². The summed E-state index contributed by atoms with van der Waals surface area (Å²) in [7, 11) is 0. The van der Waals surface area contributed by atoms with Crippen LogP contribution in [0.15, 0.2) is 11.6 Å². The monoisotopic (exact) mass is 971 g/mol. The summed E-state index contributed by atoms with van der Waals surface area (Å²) in [4.78, 5) is 0. The molecule has 10 aliphatic rings. The van der Waals surface area contributed by atoms with Crippen molar-refractivity contribution in [3.05, 3.63) is 11.6 Å². The molecule has 0 amide bonds. The van der Waals surface area contributed by atoms with Crippen LogP contribution in [-0.4, -0.2) is 42.8 Å². The lowest BCUT2D eigenvalue weighted by molar-refractivity contribution is -0.153. The Kier molecular flexibility index (Phi) is 14.9. The van der Waals surface area contributed by atoms with Crippen molar-refractivity contribution in [3.63, 3.8) is 0 Å². The van der Waals surface area contributed by atoms with Crippen molar-refractivity contribution in [2.24, 2.45) is 97.6 Å². The Morgan fingerprint density at radius 3 is 1.43 bits per heavy atom. The van der Waals surface area contributed by atoms with Crippen molar-refractivity contribution in [1.29, 1.82) is 0 Å². The Morgan fingerprint density at radius 2 is 0.914 bits per heavy atom. The van der Waals surface area contributed by atoms with Gasteiger partial charge in [-0.15, -0.1) is 0 Å². The van der Waals surface area contributed by atoms with Crippen molar-refractivity contribution >= 4 is 0 Å². The van der Waals surface area contributed by atoms with Gasteiger partial charge in [0.15, 0.2) is 0 Å². The smallest absolute Gasteiger partial charge is 0.0682 e. The highest BCUT2D eigenvalue weighted by molar-refractivity contribution is 5.27. The molecule has 0 bridgehead atoms. The number of fused-ring (bicyclic) bond motifs is 10. The predicted octanol–water partition coefficient (Wildman–Crippen LogP) is 17.0. The molecule has 0 heterocycles. The molecule has 17 atom stereocenters. The minimum atomic E-state index is -0.451. The van der Waals surface area contributed by atoms with Gasteiger partial charge in [0.25, 0.3) is 0 Å². The SMILES string of the molecule is CC[C@]1(O)CC[C@@]2(C)C(=CC[C@H]3[C@@H]4CC[C@H]([C@H](C)CCC5(O)CCC(C)(C)CC5)[C@@]4(C)CC[C@@H]32)C1.CC[C@]1(O)CC[C@@]2(C)[C@@H](CC[C@@H]3[C@@H]2CC[C@]2(C)[C@@H]([C@H](C)CCC4(O)CCC(C)(C)CC4)CC[C@@H]32)C1. The summed E-state index contributed by atoms with van der Waals surface area (Å²) in [5.41, 5.74) is 2.60. The Hall–Kier alpha value is -0.420. The highest BCUT2D eigenvalue weighted by atomic mass is 16.3. The summed E-state index contributed by atoms with van der Waals surface area (Å²) in [6, 6.07) is 0. The molecule has 0 radical (unpaired) electrons.